The summed E-state index contributed by atoms with van der Waals surface area (Å²) in [6.45, 7) is 3.74. The molecule has 1 atom stereocenters. The molecule has 1 unspecified atom stereocenters. The van der Waals surface area contributed by atoms with Crippen LogP contribution in [0.3, 0.4) is 0 Å². The number of ether oxygens (including phenoxy) is 1. The number of carbonyl (C=O) groups excluding carboxylic acids is 3. The lowest BCUT2D eigenvalue weighted by molar-refractivity contribution is -0.123. The number of aliphatic imine (C=N–C) groups is 1. The molecule has 1 N–H and O–H groups in total. The number of carbonyl (C=O) groups is 3. The molecule has 0 bridgehead atoms. The predicted molar refractivity (Wildman–Crippen MR) is 191 cm³/mol. The molecule has 1 saturated carbocycles. The van der Waals surface area contributed by atoms with Crippen LogP contribution in [-0.4, -0.2) is 77.4 Å². The number of nitrogens with zero attached hydrogens (tertiary/aromatic N) is 6. The van der Waals surface area contributed by atoms with Gasteiger partial charge in [0.1, 0.15) is 24.0 Å². The topological polar surface area (TPSA) is 113 Å². The molecule has 11 nitrogen and oxygen atoms in total. The molecule has 2 aromatic carbocycles. The van der Waals surface area contributed by atoms with Crippen LogP contribution in [0.15, 0.2) is 89.8 Å². The second kappa shape index (κ2) is 14.4. The van der Waals surface area contributed by atoms with Crippen molar-refractivity contribution >= 4 is 34.8 Å². The van der Waals surface area contributed by atoms with E-state index >= 15 is 0 Å². The summed E-state index contributed by atoms with van der Waals surface area (Å²) < 4.78 is 34.1. The van der Waals surface area contributed by atoms with Crippen LogP contribution in [0.1, 0.15) is 49.0 Å². The van der Waals surface area contributed by atoms with Gasteiger partial charge in [0.05, 0.1) is 5.69 Å². The molecular weight excluding hydrogens is 668 g/mol. The average molecular weight is 708 g/mol. The van der Waals surface area contributed by atoms with Gasteiger partial charge in [0.2, 0.25) is 18.5 Å². The van der Waals surface area contributed by atoms with Crippen LogP contribution >= 0.6 is 0 Å². The lowest BCUT2D eigenvalue weighted by Gasteiger charge is -2.38. The number of aromatic nitrogens is 1. The van der Waals surface area contributed by atoms with E-state index in [0.29, 0.717) is 48.9 Å². The van der Waals surface area contributed by atoms with Gasteiger partial charge in [-0.2, -0.15) is 14.5 Å². The van der Waals surface area contributed by atoms with Gasteiger partial charge in [-0.1, -0.05) is 33.6 Å². The fourth-order valence-corrected chi connectivity index (χ4v) is 7.84. The zero-order chi connectivity index (χ0) is 35.8. The lowest BCUT2D eigenvalue weighted by atomic mass is 9.73. The molecule has 3 aromatic rings. The van der Waals surface area contributed by atoms with Gasteiger partial charge in [0.15, 0.2) is 17.7 Å². The van der Waals surface area contributed by atoms with E-state index in [1.54, 1.807) is 11.0 Å². The zero-order valence-electron chi connectivity index (χ0n) is 28.6. The molecule has 2 fully saturated rings. The molecule has 2 amide bonds. The Bertz CT molecular complexity index is 1970. The summed E-state index contributed by atoms with van der Waals surface area (Å²) in [7, 11) is 0. The van der Waals surface area contributed by atoms with Gasteiger partial charge < -0.3 is 10.1 Å². The summed E-state index contributed by atoms with van der Waals surface area (Å²) in [4.78, 5) is 55.0. The Morgan fingerprint density at radius 3 is 2.56 bits per heavy atom. The summed E-state index contributed by atoms with van der Waals surface area (Å²) in [6.07, 6.45) is 8.82. The van der Waals surface area contributed by atoms with Crippen molar-refractivity contribution in [1.29, 1.82) is 0 Å². The van der Waals surface area contributed by atoms with Crippen molar-refractivity contribution in [1.82, 2.24) is 25.2 Å². The first-order chi connectivity index (χ1) is 25.3. The molecule has 4 aliphatic heterocycles. The highest BCUT2D eigenvalue weighted by molar-refractivity contribution is 6.23. The van der Waals surface area contributed by atoms with Gasteiger partial charge in [-0.25, -0.2) is 4.98 Å². The average Bonchev–Trinajstić information content (AvgIpc) is 3.83. The number of pyridine rings is 1. The largest absolute Gasteiger partial charge is 0.492 e. The van der Waals surface area contributed by atoms with Crippen LogP contribution in [0.25, 0.3) is 11.1 Å². The number of benzene rings is 2. The summed E-state index contributed by atoms with van der Waals surface area (Å²) >= 11 is 0. The van der Waals surface area contributed by atoms with Crippen molar-refractivity contribution in [2.45, 2.75) is 44.6 Å². The Morgan fingerprint density at radius 2 is 1.77 bits per heavy atom. The zero-order valence-corrected chi connectivity index (χ0v) is 28.6. The number of anilines is 2. The minimum absolute atomic E-state index is 0.0501. The first-order valence-electron chi connectivity index (χ1n) is 17.9. The van der Waals surface area contributed by atoms with E-state index in [1.165, 1.54) is 42.3 Å². The number of ketones is 1. The molecule has 5 aliphatic rings. The quantitative estimate of drug-likeness (QED) is 0.134. The van der Waals surface area contributed by atoms with Crippen molar-refractivity contribution in [3.05, 3.63) is 96.5 Å². The summed E-state index contributed by atoms with van der Waals surface area (Å²) in [5.41, 5.74) is 2.73. The third-order valence-corrected chi connectivity index (χ3v) is 10.5. The van der Waals surface area contributed by atoms with Crippen LogP contribution in [0.2, 0.25) is 0 Å². The highest BCUT2D eigenvalue weighted by Gasteiger charge is 2.46. The van der Waals surface area contributed by atoms with Gasteiger partial charge in [-0.05, 0) is 105 Å². The van der Waals surface area contributed by atoms with Gasteiger partial charge in [0.25, 0.3) is 11.7 Å². The molecule has 267 valence electrons. The highest BCUT2D eigenvalue weighted by Crippen LogP contribution is 2.42. The fourth-order valence-electron chi connectivity index (χ4n) is 7.84. The third-order valence-electron chi connectivity index (χ3n) is 10.5. The molecular formula is C39H39F2N7O4+. The number of hydrogen-bond acceptors (Lipinski definition) is 9. The van der Waals surface area contributed by atoms with Crippen LogP contribution in [0, 0.1) is 17.8 Å². The molecule has 1 radical (unpaired) electrons. The van der Waals surface area contributed by atoms with Crippen molar-refractivity contribution < 1.29 is 28.0 Å². The Balaban J connectivity index is 0.963. The molecule has 8 rings (SSSR count). The summed E-state index contributed by atoms with van der Waals surface area (Å²) in [6, 6.07) is 17.7. The molecule has 5 heterocycles. The SMILES string of the molecule is O=C(NC1CCC(C2C(=O)c3nc(F)ccc3N(c3cccc(-c4ccc(OCCN5CCCC5)cc4)c3)C2=O)CC1)C1=C[N+]2CN(F)C=CC2=N1. The second-order valence-corrected chi connectivity index (χ2v) is 13.9. The minimum Gasteiger partial charge on any atom is -0.492 e. The smallest absolute Gasteiger partial charge is 0.285 e. The fraction of sp³-hybridized carbons (Fsp3) is 0.359. The molecule has 1 aliphatic carbocycles. The molecule has 52 heavy (non-hydrogen) atoms. The van der Waals surface area contributed by atoms with E-state index in [-0.39, 0.29) is 47.5 Å². The monoisotopic (exact) mass is 707 g/mol. The van der Waals surface area contributed by atoms with E-state index in [0.717, 1.165) is 42.6 Å². The maximum atomic E-state index is 14.5. The van der Waals surface area contributed by atoms with E-state index in [2.05, 4.69) is 20.2 Å². The number of hydrogen-bond donors (Lipinski definition) is 1. The highest BCUT2D eigenvalue weighted by atomic mass is 19.2. The van der Waals surface area contributed by atoms with Crippen molar-refractivity contribution in [2.24, 2.45) is 16.8 Å². The second-order valence-electron chi connectivity index (χ2n) is 13.9. The van der Waals surface area contributed by atoms with E-state index in [1.807, 2.05) is 42.5 Å². The molecule has 1 saturated heterocycles. The number of Topliss-reactive ketones (excluding diaryl/α,β-unsaturated/α-hetero) is 1. The van der Waals surface area contributed by atoms with Crippen molar-refractivity contribution in [3.63, 3.8) is 0 Å². The van der Waals surface area contributed by atoms with Crippen LogP contribution < -0.4 is 19.9 Å². The molecule has 0 spiro atoms. The van der Waals surface area contributed by atoms with Crippen molar-refractivity contribution in [3.8, 4) is 16.9 Å². The number of halogens is 2. The summed E-state index contributed by atoms with van der Waals surface area (Å²) in [5.74, 6) is -2.12. The third kappa shape index (κ3) is 6.85. The minimum atomic E-state index is -1.05. The first-order valence-corrected chi connectivity index (χ1v) is 17.9. The number of fused-ring (bicyclic) bond motifs is 2. The van der Waals surface area contributed by atoms with Gasteiger partial charge >= 0.3 is 0 Å². The number of nitrogens with one attached hydrogen (secondary N) is 1. The number of amides is 2. The number of rotatable bonds is 9. The van der Waals surface area contributed by atoms with Gasteiger partial charge in [0, 0.05) is 30.5 Å². The summed E-state index contributed by atoms with van der Waals surface area (Å²) in [5, 5.41) is 3.50. The lowest BCUT2D eigenvalue weighted by Crippen LogP contribution is -2.48. The van der Waals surface area contributed by atoms with Gasteiger partial charge in [-0.15, -0.1) is 0 Å². The van der Waals surface area contributed by atoms with E-state index in [4.69, 9.17) is 4.74 Å². The normalized spacial score (nSPS) is 23.3. The van der Waals surface area contributed by atoms with E-state index in [9.17, 15) is 23.3 Å². The first kappa shape index (κ1) is 33.9. The number of amidine groups is 1. The number of likely N-dealkylation sites (tertiary alicyclic amines) is 1. The van der Waals surface area contributed by atoms with Crippen LogP contribution in [0.4, 0.5) is 20.2 Å². The maximum Gasteiger partial charge on any atom is 0.285 e. The van der Waals surface area contributed by atoms with Crippen molar-refractivity contribution in [2.75, 3.05) is 37.8 Å². The van der Waals surface area contributed by atoms with Crippen LogP contribution in [0.5, 0.6) is 5.75 Å². The molecule has 13 heteroatoms. The van der Waals surface area contributed by atoms with Crippen LogP contribution in [-0.2, 0) is 9.59 Å². The molecule has 1 aromatic heterocycles. The Morgan fingerprint density at radius 1 is 0.981 bits per heavy atom. The maximum absolute atomic E-state index is 14.5. The van der Waals surface area contributed by atoms with E-state index < -0.39 is 17.6 Å². The standard InChI is InChI=1S/C39H39F2N7O4/c40-33-15-14-32-36(44-33)37(49)35(26-6-10-28(11-7-26)42-38(50)31-23-46-24-47(41)19-16-34(46)43-31)39(51)48(32)29-5-3-4-27(22-29)25-8-12-30(13-9-25)52-21-20-45-17-1-2-18-45/h3-5,8-9,12-16,19,22-23,26,28,35H,1-2,6-7,10-11,17-18,20-21,24H2,(H,42,50)/q+1. The Hall–Kier alpha value is -5.27. The Labute approximate surface area is 300 Å². The van der Waals surface area contributed by atoms with Gasteiger partial charge in [-0.3, -0.25) is 24.2 Å². The Kier molecular flexibility index (Phi) is 9.37. The predicted octanol–water partition coefficient (Wildman–Crippen LogP) is 5.58.